The summed E-state index contributed by atoms with van der Waals surface area (Å²) in [6, 6.07) is 5.68. The first-order valence-corrected chi connectivity index (χ1v) is 5.86. The molecule has 5 heteroatoms. The second kappa shape index (κ2) is 5.23. The summed E-state index contributed by atoms with van der Waals surface area (Å²) in [7, 11) is 0. The summed E-state index contributed by atoms with van der Waals surface area (Å²) in [4.78, 5) is 0. The van der Waals surface area contributed by atoms with Gasteiger partial charge in [0.15, 0.2) is 11.6 Å². The van der Waals surface area contributed by atoms with Crippen LogP contribution in [0.1, 0.15) is 22.8 Å². The Balaban J connectivity index is 2.46. The van der Waals surface area contributed by atoms with Gasteiger partial charge in [-0.2, -0.15) is 0 Å². The van der Waals surface area contributed by atoms with Gasteiger partial charge in [-0.25, -0.2) is 13.2 Å². The predicted molar refractivity (Wildman–Crippen MR) is 66.6 cm³/mol. The molecule has 1 N–H and O–H groups in total. The van der Waals surface area contributed by atoms with Gasteiger partial charge in [-0.05, 0) is 30.2 Å². The summed E-state index contributed by atoms with van der Waals surface area (Å²) in [5.74, 6) is -3.50. The van der Waals surface area contributed by atoms with Crippen molar-refractivity contribution in [3.8, 4) is 0 Å². The van der Waals surface area contributed by atoms with Crippen LogP contribution < -0.4 is 0 Å². The molecule has 1 unspecified atom stereocenters. The minimum Gasteiger partial charge on any atom is -0.384 e. The highest BCUT2D eigenvalue weighted by Crippen LogP contribution is 2.28. The van der Waals surface area contributed by atoms with Crippen LogP contribution in [0, 0.1) is 24.4 Å². The quantitative estimate of drug-likeness (QED) is 0.822. The number of aliphatic hydroxyl groups is 1. The van der Waals surface area contributed by atoms with Crippen molar-refractivity contribution < 1.29 is 18.3 Å². The van der Waals surface area contributed by atoms with E-state index in [0.29, 0.717) is 28.3 Å². The number of benzene rings is 2. The summed E-state index contributed by atoms with van der Waals surface area (Å²) >= 11 is 5.84. The van der Waals surface area contributed by atoms with Crippen LogP contribution in [0.2, 0.25) is 5.02 Å². The summed E-state index contributed by atoms with van der Waals surface area (Å²) < 4.78 is 39.5. The summed E-state index contributed by atoms with van der Waals surface area (Å²) in [6.07, 6.45) is -1.38. The smallest absolute Gasteiger partial charge is 0.161 e. The van der Waals surface area contributed by atoms with E-state index in [1.165, 1.54) is 6.07 Å². The Morgan fingerprint density at radius 3 is 2.26 bits per heavy atom. The lowest BCUT2D eigenvalue weighted by atomic mass is 9.99. The van der Waals surface area contributed by atoms with Crippen LogP contribution in [0.4, 0.5) is 13.2 Å². The Hall–Kier alpha value is -1.52. The fourth-order valence-corrected chi connectivity index (χ4v) is 1.88. The largest absolute Gasteiger partial charge is 0.384 e. The van der Waals surface area contributed by atoms with Crippen LogP contribution in [0.15, 0.2) is 30.3 Å². The van der Waals surface area contributed by atoms with Gasteiger partial charge in [0.05, 0.1) is 0 Å². The van der Waals surface area contributed by atoms with Crippen molar-refractivity contribution in [2.24, 2.45) is 0 Å². The molecule has 0 radical (unpaired) electrons. The number of hydrogen-bond acceptors (Lipinski definition) is 1. The maximum Gasteiger partial charge on any atom is 0.161 e. The van der Waals surface area contributed by atoms with Gasteiger partial charge in [0.1, 0.15) is 11.9 Å². The molecule has 2 aromatic carbocycles. The van der Waals surface area contributed by atoms with Gasteiger partial charge in [0.25, 0.3) is 0 Å². The zero-order valence-electron chi connectivity index (χ0n) is 9.92. The van der Waals surface area contributed by atoms with E-state index in [1.54, 1.807) is 19.1 Å². The molecule has 2 rings (SSSR count). The van der Waals surface area contributed by atoms with Crippen molar-refractivity contribution >= 4 is 11.6 Å². The van der Waals surface area contributed by atoms with E-state index in [4.69, 9.17) is 11.6 Å². The van der Waals surface area contributed by atoms with Crippen molar-refractivity contribution in [3.05, 3.63) is 69.5 Å². The minimum absolute atomic E-state index is 0.319. The summed E-state index contributed by atoms with van der Waals surface area (Å²) in [5.41, 5.74) is 0.730. The third-order valence-corrected chi connectivity index (χ3v) is 3.26. The van der Waals surface area contributed by atoms with Crippen molar-refractivity contribution in [1.82, 2.24) is 0 Å². The second-order valence-electron chi connectivity index (χ2n) is 4.20. The minimum atomic E-state index is -1.38. The first-order chi connectivity index (χ1) is 8.90. The fraction of sp³-hybridized carbons (Fsp3) is 0.143. The molecule has 0 spiro atoms. The molecule has 0 aliphatic rings. The Morgan fingerprint density at radius 1 is 1.00 bits per heavy atom. The van der Waals surface area contributed by atoms with Crippen molar-refractivity contribution in [2.45, 2.75) is 13.0 Å². The van der Waals surface area contributed by atoms with E-state index < -0.39 is 23.6 Å². The third-order valence-electron chi connectivity index (χ3n) is 2.83. The molecule has 2 aromatic rings. The van der Waals surface area contributed by atoms with Crippen LogP contribution >= 0.6 is 11.6 Å². The lowest BCUT2D eigenvalue weighted by Crippen LogP contribution is -2.05. The molecule has 0 saturated heterocycles. The lowest BCUT2D eigenvalue weighted by Gasteiger charge is -2.14. The zero-order valence-corrected chi connectivity index (χ0v) is 10.7. The highest BCUT2D eigenvalue weighted by Gasteiger charge is 2.18. The van der Waals surface area contributed by atoms with Gasteiger partial charge in [0, 0.05) is 16.7 Å². The molecule has 1 nitrogen and oxygen atoms in total. The topological polar surface area (TPSA) is 20.2 Å². The molecule has 0 aliphatic carbocycles. The summed E-state index contributed by atoms with van der Waals surface area (Å²) in [6.45, 7) is 1.72. The first kappa shape index (κ1) is 13.9. The molecular formula is C14H10ClF3O. The normalized spacial score (nSPS) is 12.5. The van der Waals surface area contributed by atoms with Crippen LogP contribution in [0.3, 0.4) is 0 Å². The number of aliphatic hydroxyl groups excluding tert-OH is 1. The Labute approximate surface area is 113 Å². The van der Waals surface area contributed by atoms with Gasteiger partial charge < -0.3 is 5.11 Å². The molecule has 100 valence electrons. The standard InChI is InChI=1S/C14H10ClF3O/c1-7-4-8(2-3-10(7)15)14(19)9-5-12(17)13(18)6-11(9)16/h2-6,14,19H,1H3. The second-order valence-corrected chi connectivity index (χ2v) is 4.61. The molecule has 0 bridgehead atoms. The maximum absolute atomic E-state index is 13.6. The maximum atomic E-state index is 13.6. The molecular weight excluding hydrogens is 277 g/mol. The molecule has 0 aliphatic heterocycles. The van der Waals surface area contributed by atoms with Gasteiger partial charge >= 0.3 is 0 Å². The Morgan fingerprint density at radius 2 is 1.63 bits per heavy atom. The molecule has 1 atom stereocenters. The molecule has 0 amide bonds. The van der Waals surface area contributed by atoms with E-state index in [-0.39, 0.29) is 5.56 Å². The molecule has 0 heterocycles. The SMILES string of the molecule is Cc1cc(C(O)c2cc(F)c(F)cc2F)ccc1Cl. The van der Waals surface area contributed by atoms with E-state index in [9.17, 15) is 18.3 Å². The zero-order chi connectivity index (χ0) is 14.2. The number of rotatable bonds is 2. The highest BCUT2D eigenvalue weighted by molar-refractivity contribution is 6.31. The summed E-state index contributed by atoms with van der Waals surface area (Å²) in [5, 5.41) is 10.5. The Bertz CT molecular complexity index is 628. The fourth-order valence-electron chi connectivity index (χ4n) is 1.77. The molecule has 0 saturated carbocycles. The molecule has 0 fully saturated rings. The Kier molecular flexibility index (Phi) is 3.83. The number of hydrogen-bond donors (Lipinski definition) is 1. The van der Waals surface area contributed by atoms with Crippen molar-refractivity contribution in [1.29, 1.82) is 0 Å². The van der Waals surface area contributed by atoms with Gasteiger partial charge in [0.2, 0.25) is 0 Å². The number of aryl methyl sites for hydroxylation is 1. The van der Waals surface area contributed by atoms with E-state index in [0.717, 1.165) is 0 Å². The van der Waals surface area contributed by atoms with Crippen LogP contribution in [-0.4, -0.2) is 5.11 Å². The van der Waals surface area contributed by atoms with E-state index in [1.807, 2.05) is 0 Å². The molecule has 19 heavy (non-hydrogen) atoms. The third kappa shape index (κ3) is 2.74. The van der Waals surface area contributed by atoms with Crippen LogP contribution in [0.25, 0.3) is 0 Å². The highest BCUT2D eigenvalue weighted by atomic mass is 35.5. The van der Waals surface area contributed by atoms with Crippen LogP contribution in [-0.2, 0) is 0 Å². The van der Waals surface area contributed by atoms with Gasteiger partial charge in [-0.15, -0.1) is 0 Å². The lowest BCUT2D eigenvalue weighted by molar-refractivity contribution is 0.214. The predicted octanol–water partition coefficient (Wildman–Crippen LogP) is 4.15. The van der Waals surface area contributed by atoms with Gasteiger partial charge in [-0.1, -0.05) is 23.7 Å². The monoisotopic (exact) mass is 286 g/mol. The average molecular weight is 287 g/mol. The van der Waals surface area contributed by atoms with E-state index in [2.05, 4.69) is 0 Å². The van der Waals surface area contributed by atoms with Crippen molar-refractivity contribution in [3.63, 3.8) is 0 Å². The number of halogens is 4. The van der Waals surface area contributed by atoms with Crippen molar-refractivity contribution in [2.75, 3.05) is 0 Å². The molecule has 0 aromatic heterocycles. The van der Waals surface area contributed by atoms with E-state index >= 15 is 0 Å². The first-order valence-electron chi connectivity index (χ1n) is 5.48. The average Bonchev–Trinajstić information content (AvgIpc) is 2.36. The van der Waals surface area contributed by atoms with Crippen LogP contribution in [0.5, 0.6) is 0 Å². The van der Waals surface area contributed by atoms with Gasteiger partial charge in [-0.3, -0.25) is 0 Å².